The summed E-state index contributed by atoms with van der Waals surface area (Å²) in [6, 6.07) is 10.6. The molecule has 2 aliphatic rings. The average Bonchev–Trinajstić information content (AvgIpc) is 3.17. The van der Waals surface area contributed by atoms with Crippen LogP contribution in [0.2, 0.25) is 0 Å². The van der Waals surface area contributed by atoms with Crippen LogP contribution < -0.4 is 19.7 Å². The van der Waals surface area contributed by atoms with E-state index in [1.165, 1.54) is 33.5 Å². The van der Waals surface area contributed by atoms with E-state index in [0.29, 0.717) is 40.4 Å². The first-order valence-electron chi connectivity index (χ1n) is 12.3. The van der Waals surface area contributed by atoms with Gasteiger partial charge in [-0.1, -0.05) is 50.8 Å². The van der Waals surface area contributed by atoms with E-state index in [2.05, 4.69) is 12.2 Å². The standard InChI is InChI=1S/C27H33N3O5/c1-4-5-6-7-10-16-28-22(31)15-17-29-25-19-13-14-21(34-2)24(35-3)23(19)27(33)30(25)20-12-9-8-11-18(20)26(29)32/h8-9,11-14,25H,4-7,10,15-17H2,1-3H3,(H,28,31)/t25-/m1/s1. The number of carbonyl (C=O) groups excluding carboxylic acids is 3. The molecule has 0 spiro atoms. The second-order valence-electron chi connectivity index (χ2n) is 8.84. The van der Waals surface area contributed by atoms with Crippen molar-refractivity contribution in [2.75, 3.05) is 32.2 Å². The lowest BCUT2D eigenvalue weighted by Gasteiger charge is -2.40. The van der Waals surface area contributed by atoms with E-state index in [1.54, 1.807) is 46.2 Å². The Balaban J connectivity index is 1.58. The zero-order valence-electron chi connectivity index (χ0n) is 20.6. The summed E-state index contributed by atoms with van der Waals surface area (Å²) in [7, 11) is 3.01. The molecule has 2 aromatic rings. The number of fused-ring (bicyclic) bond motifs is 5. The molecule has 0 unspecified atom stereocenters. The van der Waals surface area contributed by atoms with Gasteiger partial charge in [0.05, 0.1) is 31.0 Å². The highest BCUT2D eigenvalue weighted by molar-refractivity contribution is 6.18. The van der Waals surface area contributed by atoms with E-state index >= 15 is 0 Å². The third-order valence-corrected chi connectivity index (χ3v) is 6.67. The first-order chi connectivity index (χ1) is 17.0. The number of methoxy groups -OCH3 is 2. The van der Waals surface area contributed by atoms with Crippen LogP contribution in [0.15, 0.2) is 36.4 Å². The van der Waals surface area contributed by atoms with Crippen LogP contribution in [0.25, 0.3) is 0 Å². The third-order valence-electron chi connectivity index (χ3n) is 6.67. The predicted molar refractivity (Wildman–Crippen MR) is 133 cm³/mol. The number of amides is 3. The maximum atomic E-state index is 13.7. The molecule has 0 saturated heterocycles. The van der Waals surface area contributed by atoms with Gasteiger partial charge in [0, 0.05) is 25.1 Å². The topological polar surface area (TPSA) is 88.2 Å². The Kier molecular flexibility index (Phi) is 7.58. The van der Waals surface area contributed by atoms with Crippen molar-refractivity contribution in [2.24, 2.45) is 0 Å². The van der Waals surface area contributed by atoms with Gasteiger partial charge in [-0.3, -0.25) is 19.3 Å². The minimum Gasteiger partial charge on any atom is -0.493 e. The highest BCUT2D eigenvalue weighted by Gasteiger charge is 2.49. The number of anilines is 1. The van der Waals surface area contributed by atoms with Gasteiger partial charge in [-0.05, 0) is 24.6 Å². The lowest BCUT2D eigenvalue weighted by atomic mass is 10.0. The minimum absolute atomic E-state index is 0.101. The molecule has 0 radical (unpaired) electrons. The lowest BCUT2D eigenvalue weighted by Crippen LogP contribution is -2.49. The first kappa shape index (κ1) is 24.6. The molecule has 2 aromatic carbocycles. The van der Waals surface area contributed by atoms with Gasteiger partial charge in [0.25, 0.3) is 11.8 Å². The van der Waals surface area contributed by atoms with Gasteiger partial charge < -0.3 is 19.7 Å². The number of ether oxygens (including phenoxy) is 2. The fourth-order valence-corrected chi connectivity index (χ4v) is 4.92. The van der Waals surface area contributed by atoms with Gasteiger partial charge in [-0.2, -0.15) is 0 Å². The Morgan fingerprint density at radius 2 is 1.74 bits per heavy atom. The summed E-state index contributed by atoms with van der Waals surface area (Å²) in [6.45, 7) is 3.00. The van der Waals surface area contributed by atoms with Crippen molar-refractivity contribution in [1.82, 2.24) is 10.2 Å². The van der Waals surface area contributed by atoms with E-state index in [1.807, 2.05) is 0 Å². The fraction of sp³-hybridized carbons (Fsp3) is 0.444. The first-order valence-corrected chi connectivity index (χ1v) is 12.3. The minimum atomic E-state index is -0.651. The van der Waals surface area contributed by atoms with Crippen LogP contribution in [0.4, 0.5) is 5.69 Å². The van der Waals surface area contributed by atoms with Crippen molar-refractivity contribution in [3.05, 3.63) is 53.1 Å². The van der Waals surface area contributed by atoms with Gasteiger partial charge >= 0.3 is 0 Å². The van der Waals surface area contributed by atoms with Crippen molar-refractivity contribution >= 4 is 23.4 Å². The molecule has 0 bridgehead atoms. The van der Waals surface area contributed by atoms with Crippen molar-refractivity contribution in [3.8, 4) is 11.5 Å². The van der Waals surface area contributed by atoms with Gasteiger partial charge in [0.2, 0.25) is 5.91 Å². The average molecular weight is 480 g/mol. The summed E-state index contributed by atoms with van der Waals surface area (Å²) < 4.78 is 10.9. The van der Waals surface area contributed by atoms with E-state index in [4.69, 9.17) is 9.47 Å². The predicted octanol–water partition coefficient (Wildman–Crippen LogP) is 4.30. The molecule has 8 nitrogen and oxygen atoms in total. The number of nitrogens with zero attached hydrogens (tertiary/aromatic N) is 2. The third kappa shape index (κ3) is 4.57. The van der Waals surface area contributed by atoms with Crippen molar-refractivity contribution in [3.63, 3.8) is 0 Å². The summed E-state index contributed by atoms with van der Waals surface area (Å²) in [5.74, 6) is 0.224. The summed E-state index contributed by atoms with van der Waals surface area (Å²) in [5, 5.41) is 2.96. The highest BCUT2D eigenvalue weighted by atomic mass is 16.5. The fourth-order valence-electron chi connectivity index (χ4n) is 4.92. The molecule has 3 amide bonds. The van der Waals surface area contributed by atoms with Crippen molar-refractivity contribution < 1.29 is 23.9 Å². The van der Waals surface area contributed by atoms with Crippen LogP contribution in [0.3, 0.4) is 0 Å². The van der Waals surface area contributed by atoms with Crippen LogP contribution in [-0.2, 0) is 4.79 Å². The molecule has 0 aromatic heterocycles. The monoisotopic (exact) mass is 479 g/mol. The molecular weight excluding hydrogens is 446 g/mol. The van der Waals surface area contributed by atoms with Crippen LogP contribution >= 0.6 is 0 Å². The number of hydrogen-bond acceptors (Lipinski definition) is 5. The molecule has 0 saturated carbocycles. The van der Waals surface area contributed by atoms with Gasteiger partial charge in [0.1, 0.15) is 6.17 Å². The van der Waals surface area contributed by atoms with E-state index in [9.17, 15) is 14.4 Å². The molecule has 2 aliphatic heterocycles. The number of unbranched alkanes of at least 4 members (excludes halogenated alkanes) is 4. The lowest BCUT2D eigenvalue weighted by molar-refractivity contribution is -0.121. The second-order valence-corrected chi connectivity index (χ2v) is 8.84. The number of carbonyl (C=O) groups is 3. The molecule has 0 aliphatic carbocycles. The SMILES string of the molecule is CCCCCCCNC(=O)CCN1C(=O)c2ccccc2N2C(=O)c3c(ccc(OC)c3OC)[C@H]12. The Morgan fingerprint density at radius 1 is 0.971 bits per heavy atom. The summed E-state index contributed by atoms with van der Waals surface area (Å²) in [5.41, 5.74) is 2.03. The number of para-hydroxylation sites is 1. The molecule has 0 fully saturated rings. The van der Waals surface area contributed by atoms with Crippen molar-refractivity contribution in [2.45, 2.75) is 51.6 Å². The largest absolute Gasteiger partial charge is 0.493 e. The zero-order valence-corrected chi connectivity index (χ0v) is 20.6. The summed E-state index contributed by atoms with van der Waals surface area (Å²) in [6.07, 6.45) is 5.11. The zero-order chi connectivity index (χ0) is 24.9. The van der Waals surface area contributed by atoms with Crippen molar-refractivity contribution in [1.29, 1.82) is 0 Å². The molecule has 186 valence electrons. The molecule has 4 rings (SSSR count). The van der Waals surface area contributed by atoms with Crippen LogP contribution in [-0.4, -0.2) is 49.9 Å². The number of hydrogen-bond donors (Lipinski definition) is 1. The summed E-state index contributed by atoms with van der Waals surface area (Å²) in [4.78, 5) is 43.0. The molecular formula is C27H33N3O5. The Hall–Kier alpha value is -3.55. The molecule has 2 heterocycles. The number of benzene rings is 2. The molecule has 35 heavy (non-hydrogen) atoms. The molecule has 1 N–H and O–H groups in total. The molecule has 8 heteroatoms. The smallest absolute Gasteiger partial charge is 0.264 e. The quantitative estimate of drug-likeness (QED) is 0.486. The highest BCUT2D eigenvalue weighted by Crippen LogP contribution is 2.49. The second kappa shape index (κ2) is 10.8. The number of rotatable bonds is 11. The van der Waals surface area contributed by atoms with Gasteiger partial charge in [-0.25, -0.2) is 0 Å². The molecule has 1 atom stereocenters. The van der Waals surface area contributed by atoms with Gasteiger partial charge in [0.15, 0.2) is 11.5 Å². The summed E-state index contributed by atoms with van der Waals surface area (Å²) >= 11 is 0. The van der Waals surface area contributed by atoms with E-state index in [-0.39, 0.29) is 30.7 Å². The van der Waals surface area contributed by atoms with Crippen LogP contribution in [0.1, 0.15) is 77.9 Å². The van der Waals surface area contributed by atoms with Crippen LogP contribution in [0.5, 0.6) is 11.5 Å². The Bertz CT molecular complexity index is 1120. The van der Waals surface area contributed by atoms with E-state index in [0.717, 1.165) is 12.8 Å². The number of nitrogens with one attached hydrogen (secondary N) is 1. The Labute approximate surface area is 206 Å². The normalized spacial score (nSPS) is 16.0. The maximum absolute atomic E-state index is 13.7. The maximum Gasteiger partial charge on any atom is 0.264 e. The van der Waals surface area contributed by atoms with Crippen LogP contribution in [0, 0.1) is 0 Å². The van der Waals surface area contributed by atoms with E-state index < -0.39 is 6.17 Å². The van der Waals surface area contributed by atoms with Gasteiger partial charge in [-0.15, -0.1) is 0 Å². The Morgan fingerprint density at radius 3 is 2.49 bits per heavy atom.